The maximum absolute atomic E-state index is 12.1. The van der Waals surface area contributed by atoms with E-state index >= 15 is 0 Å². The molecule has 102 valence electrons. The zero-order valence-corrected chi connectivity index (χ0v) is 11.6. The minimum Gasteiger partial charge on any atom is -0.478 e. The Labute approximate surface area is 106 Å². The first-order valence-electron chi connectivity index (χ1n) is 5.49. The number of aromatic carboxylic acids is 1. The van der Waals surface area contributed by atoms with Crippen LogP contribution in [0.5, 0.6) is 0 Å². The van der Waals surface area contributed by atoms with Crippen molar-refractivity contribution in [2.45, 2.75) is 32.6 Å². The summed E-state index contributed by atoms with van der Waals surface area (Å²) in [5.41, 5.74) is -0.302. The molecule has 0 saturated heterocycles. The number of rotatable bonds is 5. The van der Waals surface area contributed by atoms with Crippen molar-refractivity contribution in [3.63, 3.8) is 0 Å². The van der Waals surface area contributed by atoms with Crippen molar-refractivity contribution in [3.05, 3.63) is 17.1 Å². The quantitative estimate of drug-likeness (QED) is 0.849. The van der Waals surface area contributed by atoms with Crippen LogP contribution >= 0.6 is 0 Å². The van der Waals surface area contributed by atoms with Gasteiger partial charge in [-0.25, -0.2) is 17.9 Å². The van der Waals surface area contributed by atoms with E-state index in [-0.39, 0.29) is 34.4 Å². The van der Waals surface area contributed by atoms with Gasteiger partial charge in [0.1, 0.15) is 22.0 Å². The fourth-order valence-corrected chi connectivity index (χ4v) is 3.20. The lowest BCUT2D eigenvalue weighted by molar-refractivity contribution is 0.0691. The first-order valence-corrected chi connectivity index (χ1v) is 6.98. The molecule has 1 aromatic heterocycles. The van der Waals surface area contributed by atoms with Crippen molar-refractivity contribution < 1.29 is 22.7 Å². The summed E-state index contributed by atoms with van der Waals surface area (Å²) in [4.78, 5) is 10.8. The van der Waals surface area contributed by atoms with Gasteiger partial charge >= 0.3 is 5.97 Å². The Morgan fingerprint density at radius 3 is 2.33 bits per heavy atom. The van der Waals surface area contributed by atoms with Crippen LogP contribution in [0.1, 0.15) is 35.7 Å². The van der Waals surface area contributed by atoms with Gasteiger partial charge in [0.05, 0.1) is 0 Å². The van der Waals surface area contributed by atoms with Crippen LogP contribution in [0.4, 0.5) is 0 Å². The predicted molar refractivity (Wildman–Crippen MR) is 65.2 cm³/mol. The van der Waals surface area contributed by atoms with Crippen LogP contribution in [-0.2, 0) is 10.0 Å². The van der Waals surface area contributed by atoms with Crippen LogP contribution in [0.15, 0.2) is 9.31 Å². The Morgan fingerprint density at radius 2 is 1.89 bits per heavy atom. The highest BCUT2D eigenvalue weighted by atomic mass is 32.2. The van der Waals surface area contributed by atoms with Gasteiger partial charge in [-0.1, -0.05) is 13.8 Å². The van der Waals surface area contributed by atoms with Crippen molar-refractivity contribution in [2.24, 2.45) is 5.92 Å². The van der Waals surface area contributed by atoms with Gasteiger partial charge in [-0.2, -0.15) is 0 Å². The summed E-state index contributed by atoms with van der Waals surface area (Å²) >= 11 is 0. The second-order valence-corrected chi connectivity index (χ2v) is 6.17. The molecular formula is C11H17NO5S. The summed E-state index contributed by atoms with van der Waals surface area (Å²) in [6.45, 7) is 6.81. The smallest absolute Gasteiger partial charge is 0.340 e. The molecule has 7 heteroatoms. The number of sulfonamides is 1. The molecule has 0 atom stereocenters. The molecule has 1 aromatic rings. The molecular weight excluding hydrogens is 258 g/mol. The molecule has 0 aromatic carbocycles. The topological polar surface area (TPSA) is 96.6 Å². The van der Waals surface area contributed by atoms with Crippen LogP contribution < -0.4 is 4.72 Å². The molecule has 0 unspecified atom stereocenters. The second kappa shape index (κ2) is 5.11. The van der Waals surface area contributed by atoms with Crippen LogP contribution in [0, 0.1) is 19.8 Å². The number of aryl methyl sites for hydroxylation is 2. The Morgan fingerprint density at radius 1 is 1.33 bits per heavy atom. The normalized spacial score (nSPS) is 12.1. The van der Waals surface area contributed by atoms with Crippen molar-refractivity contribution in [1.82, 2.24) is 4.72 Å². The maximum atomic E-state index is 12.1. The fourth-order valence-electron chi connectivity index (χ4n) is 1.58. The lowest BCUT2D eigenvalue weighted by Gasteiger charge is -2.08. The average molecular weight is 275 g/mol. The van der Waals surface area contributed by atoms with Gasteiger partial charge in [0.15, 0.2) is 0 Å². The third-order valence-electron chi connectivity index (χ3n) is 2.37. The van der Waals surface area contributed by atoms with Crippen LogP contribution in [0.2, 0.25) is 0 Å². The molecule has 0 bridgehead atoms. The zero-order chi connectivity index (χ0) is 14.1. The molecule has 0 radical (unpaired) electrons. The van der Waals surface area contributed by atoms with E-state index in [2.05, 4.69) is 4.72 Å². The first kappa shape index (κ1) is 14.7. The zero-order valence-electron chi connectivity index (χ0n) is 10.8. The summed E-state index contributed by atoms with van der Waals surface area (Å²) in [6.07, 6.45) is 0. The van der Waals surface area contributed by atoms with Gasteiger partial charge in [-0.15, -0.1) is 0 Å². The summed E-state index contributed by atoms with van der Waals surface area (Å²) in [5, 5.41) is 9.05. The summed E-state index contributed by atoms with van der Waals surface area (Å²) in [7, 11) is -3.87. The van der Waals surface area contributed by atoms with Gasteiger partial charge in [-0.3, -0.25) is 0 Å². The lowest BCUT2D eigenvalue weighted by atomic mass is 10.2. The SMILES string of the molecule is Cc1oc(C)c(S(=O)(=O)NCC(C)C)c1C(=O)O. The molecule has 1 rings (SSSR count). The van der Waals surface area contributed by atoms with E-state index in [1.165, 1.54) is 13.8 Å². The molecule has 18 heavy (non-hydrogen) atoms. The standard InChI is InChI=1S/C11H17NO5S/c1-6(2)5-12-18(15,16)10-8(4)17-7(3)9(10)11(13)14/h6,12H,5H2,1-4H3,(H,13,14). The highest BCUT2D eigenvalue weighted by Gasteiger charge is 2.30. The van der Waals surface area contributed by atoms with Crippen LogP contribution in [0.3, 0.4) is 0 Å². The van der Waals surface area contributed by atoms with Gasteiger partial charge in [0.2, 0.25) is 10.0 Å². The van der Waals surface area contributed by atoms with Crippen molar-refractivity contribution >= 4 is 16.0 Å². The monoisotopic (exact) mass is 275 g/mol. The Hall–Kier alpha value is -1.34. The Kier molecular flexibility index (Phi) is 4.18. The van der Waals surface area contributed by atoms with Crippen LogP contribution in [-0.4, -0.2) is 26.0 Å². The van der Waals surface area contributed by atoms with E-state index in [0.29, 0.717) is 0 Å². The van der Waals surface area contributed by atoms with Crippen molar-refractivity contribution in [2.75, 3.05) is 6.54 Å². The molecule has 0 amide bonds. The van der Waals surface area contributed by atoms with Gasteiger partial charge in [-0.05, 0) is 19.8 Å². The largest absolute Gasteiger partial charge is 0.478 e. The molecule has 6 nitrogen and oxygen atoms in total. The van der Waals surface area contributed by atoms with E-state index in [1.54, 1.807) is 0 Å². The molecule has 0 saturated carbocycles. The molecule has 1 heterocycles. The Bertz CT molecular complexity index is 556. The fraction of sp³-hybridized carbons (Fsp3) is 0.545. The number of carboxylic acids is 1. The number of hydrogen-bond donors (Lipinski definition) is 2. The molecule has 0 aliphatic rings. The molecule has 0 spiro atoms. The number of carboxylic acid groups (broad SMARTS) is 1. The first-order chi connectivity index (χ1) is 8.16. The molecule has 0 fully saturated rings. The Balaban J connectivity index is 3.28. The predicted octanol–water partition coefficient (Wildman–Crippen LogP) is 1.53. The third kappa shape index (κ3) is 2.91. The number of carbonyl (C=O) groups is 1. The van der Waals surface area contributed by atoms with E-state index in [1.807, 2.05) is 13.8 Å². The number of nitrogens with one attached hydrogen (secondary N) is 1. The van der Waals surface area contributed by atoms with E-state index in [9.17, 15) is 13.2 Å². The van der Waals surface area contributed by atoms with E-state index in [4.69, 9.17) is 9.52 Å². The van der Waals surface area contributed by atoms with Gasteiger partial charge in [0, 0.05) is 6.54 Å². The maximum Gasteiger partial charge on any atom is 0.340 e. The average Bonchev–Trinajstić information content (AvgIpc) is 2.51. The number of hydrogen-bond acceptors (Lipinski definition) is 4. The van der Waals surface area contributed by atoms with Gasteiger partial charge in [0.25, 0.3) is 0 Å². The highest BCUT2D eigenvalue weighted by molar-refractivity contribution is 7.89. The minimum atomic E-state index is -3.87. The van der Waals surface area contributed by atoms with Gasteiger partial charge < -0.3 is 9.52 Å². The molecule has 0 aliphatic carbocycles. The van der Waals surface area contributed by atoms with Crippen molar-refractivity contribution in [1.29, 1.82) is 0 Å². The minimum absolute atomic E-state index is 0.0844. The van der Waals surface area contributed by atoms with E-state index in [0.717, 1.165) is 0 Å². The molecule has 2 N–H and O–H groups in total. The third-order valence-corrected chi connectivity index (χ3v) is 3.95. The molecule has 0 aliphatic heterocycles. The highest BCUT2D eigenvalue weighted by Crippen LogP contribution is 2.26. The second-order valence-electron chi connectivity index (χ2n) is 4.47. The van der Waals surface area contributed by atoms with Crippen LogP contribution in [0.25, 0.3) is 0 Å². The van der Waals surface area contributed by atoms with Crippen molar-refractivity contribution in [3.8, 4) is 0 Å². The van der Waals surface area contributed by atoms with E-state index < -0.39 is 16.0 Å². The summed E-state index contributed by atoms with van der Waals surface area (Å²) in [6, 6.07) is 0. The lowest BCUT2D eigenvalue weighted by Crippen LogP contribution is -2.29. The summed E-state index contributed by atoms with van der Waals surface area (Å²) < 4.78 is 31.6. The summed E-state index contributed by atoms with van der Waals surface area (Å²) in [5.74, 6) is -1.01. The number of furan rings is 1.